The van der Waals surface area contributed by atoms with E-state index in [1.165, 1.54) is 0 Å². The molecule has 144 valence electrons. The minimum atomic E-state index is -0.471. The summed E-state index contributed by atoms with van der Waals surface area (Å²) in [6.07, 6.45) is 1.63. The van der Waals surface area contributed by atoms with Gasteiger partial charge in [-0.2, -0.15) is 0 Å². The van der Waals surface area contributed by atoms with Gasteiger partial charge in [0.25, 0.3) is 11.1 Å². The molecule has 2 aromatic rings. The molecule has 0 unspecified atom stereocenters. The van der Waals surface area contributed by atoms with Crippen molar-refractivity contribution in [2.45, 2.75) is 13.8 Å². The minimum absolute atomic E-state index is 0.287. The number of benzene rings is 2. The molecule has 6 nitrogen and oxygen atoms in total. The molecule has 1 aliphatic heterocycles. The van der Waals surface area contributed by atoms with Crippen LogP contribution in [0.2, 0.25) is 0 Å². The van der Waals surface area contributed by atoms with Crippen molar-refractivity contribution in [3.63, 3.8) is 0 Å². The van der Waals surface area contributed by atoms with Gasteiger partial charge >= 0.3 is 0 Å². The summed E-state index contributed by atoms with van der Waals surface area (Å²) in [4.78, 5) is 38.3. The fraction of sp³-hybridized carbons (Fsp3) is 0.190. The first-order valence-corrected chi connectivity index (χ1v) is 9.45. The molecule has 1 N–H and O–H groups in total. The molecule has 1 saturated heterocycles. The van der Waals surface area contributed by atoms with E-state index in [9.17, 15) is 14.4 Å². The Bertz CT molecular complexity index is 967. The van der Waals surface area contributed by atoms with Crippen LogP contribution in [0.25, 0.3) is 6.08 Å². The van der Waals surface area contributed by atoms with Gasteiger partial charge in [-0.15, -0.1) is 0 Å². The number of carbonyl (C=O) groups excluding carboxylic acids is 3. The zero-order valence-electron chi connectivity index (χ0n) is 15.8. The zero-order chi connectivity index (χ0) is 20.3. The van der Waals surface area contributed by atoms with Crippen molar-refractivity contribution in [3.8, 4) is 5.75 Å². The molecule has 0 aliphatic carbocycles. The predicted octanol–water partition coefficient (Wildman–Crippen LogP) is 3.99. The molecule has 0 saturated carbocycles. The quantitative estimate of drug-likeness (QED) is 0.774. The van der Waals surface area contributed by atoms with Crippen molar-refractivity contribution in [3.05, 3.63) is 64.1 Å². The Kier molecular flexibility index (Phi) is 5.84. The third kappa shape index (κ3) is 4.43. The number of imide groups is 1. The molecule has 0 bridgehead atoms. The number of hydrogen-bond acceptors (Lipinski definition) is 5. The maximum atomic E-state index is 12.6. The number of aryl methyl sites for hydroxylation is 2. The molecule has 3 amide bonds. The molecular weight excluding hydrogens is 376 g/mol. The highest BCUT2D eigenvalue weighted by atomic mass is 32.2. The molecule has 0 radical (unpaired) electrons. The number of anilines is 1. The van der Waals surface area contributed by atoms with Crippen LogP contribution >= 0.6 is 11.8 Å². The number of methoxy groups -OCH3 is 1. The van der Waals surface area contributed by atoms with Crippen molar-refractivity contribution in [1.29, 1.82) is 0 Å². The highest BCUT2D eigenvalue weighted by molar-refractivity contribution is 8.18. The Morgan fingerprint density at radius 2 is 1.86 bits per heavy atom. The van der Waals surface area contributed by atoms with Crippen LogP contribution in [-0.2, 0) is 9.59 Å². The number of rotatable bonds is 5. The van der Waals surface area contributed by atoms with Crippen LogP contribution in [-0.4, -0.2) is 35.6 Å². The largest absolute Gasteiger partial charge is 0.497 e. The summed E-state index contributed by atoms with van der Waals surface area (Å²) in [7, 11) is 1.57. The maximum absolute atomic E-state index is 12.6. The minimum Gasteiger partial charge on any atom is -0.497 e. The van der Waals surface area contributed by atoms with Gasteiger partial charge in [-0.05, 0) is 61.0 Å². The first-order valence-electron chi connectivity index (χ1n) is 8.64. The lowest BCUT2D eigenvalue weighted by atomic mass is 10.1. The van der Waals surface area contributed by atoms with E-state index in [2.05, 4.69) is 5.32 Å². The van der Waals surface area contributed by atoms with E-state index in [0.717, 1.165) is 33.4 Å². The van der Waals surface area contributed by atoms with Gasteiger partial charge in [-0.3, -0.25) is 19.3 Å². The molecule has 1 heterocycles. The summed E-state index contributed by atoms with van der Waals surface area (Å²) in [5.41, 5.74) is 3.44. The first-order chi connectivity index (χ1) is 13.4. The molecule has 28 heavy (non-hydrogen) atoms. The van der Waals surface area contributed by atoms with Crippen molar-refractivity contribution in [2.75, 3.05) is 19.0 Å². The van der Waals surface area contributed by atoms with Gasteiger partial charge in [-0.1, -0.05) is 29.8 Å². The lowest BCUT2D eigenvalue weighted by Crippen LogP contribution is -2.36. The molecule has 0 aromatic heterocycles. The van der Waals surface area contributed by atoms with E-state index in [1.54, 1.807) is 43.5 Å². The molecule has 2 aromatic carbocycles. The fourth-order valence-corrected chi connectivity index (χ4v) is 3.61. The molecule has 3 rings (SSSR count). The van der Waals surface area contributed by atoms with E-state index < -0.39 is 17.1 Å². The van der Waals surface area contributed by atoms with Gasteiger partial charge in [0, 0.05) is 5.69 Å². The lowest BCUT2D eigenvalue weighted by molar-refractivity contribution is -0.127. The van der Waals surface area contributed by atoms with Crippen molar-refractivity contribution < 1.29 is 19.1 Å². The Balaban J connectivity index is 1.69. The van der Waals surface area contributed by atoms with Crippen LogP contribution < -0.4 is 10.1 Å². The van der Waals surface area contributed by atoms with E-state index in [4.69, 9.17) is 4.74 Å². The van der Waals surface area contributed by atoms with Crippen molar-refractivity contribution >= 4 is 40.6 Å². The standard InChI is InChI=1S/C21H20N2O4S/c1-13-4-9-17(14(2)10-13)22-19(24)12-23-20(25)18(28-21(23)26)11-15-5-7-16(27-3)8-6-15/h4-11H,12H2,1-3H3,(H,22,24)/b18-11+. The molecule has 0 spiro atoms. The van der Waals surface area contributed by atoms with Crippen LogP contribution in [0.3, 0.4) is 0 Å². The van der Waals surface area contributed by atoms with Gasteiger partial charge < -0.3 is 10.1 Å². The smallest absolute Gasteiger partial charge is 0.294 e. The van der Waals surface area contributed by atoms with Gasteiger partial charge in [0.1, 0.15) is 12.3 Å². The molecular formula is C21H20N2O4S. The molecule has 0 atom stereocenters. The molecule has 1 aliphatic rings. The Morgan fingerprint density at radius 3 is 2.50 bits per heavy atom. The summed E-state index contributed by atoms with van der Waals surface area (Å²) in [5, 5.41) is 2.30. The van der Waals surface area contributed by atoms with Crippen LogP contribution in [0.15, 0.2) is 47.4 Å². The highest BCUT2D eigenvalue weighted by Crippen LogP contribution is 2.32. The van der Waals surface area contributed by atoms with E-state index >= 15 is 0 Å². The second kappa shape index (κ2) is 8.31. The maximum Gasteiger partial charge on any atom is 0.294 e. The van der Waals surface area contributed by atoms with Gasteiger partial charge in [-0.25, -0.2) is 0 Å². The van der Waals surface area contributed by atoms with Gasteiger partial charge in [0.15, 0.2) is 0 Å². The first kappa shape index (κ1) is 19.7. The number of carbonyl (C=O) groups is 3. The van der Waals surface area contributed by atoms with Crippen LogP contribution in [0.4, 0.5) is 10.5 Å². The topological polar surface area (TPSA) is 75.7 Å². The van der Waals surface area contributed by atoms with Gasteiger partial charge in [0.05, 0.1) is 12.0 Å². The van der Waals surface area contributed by atoms with E-state index in [1.807, 2.05) is 26.0 Å². The molecule has 1 fully saturated rings. The monoisotopic (exact) mass is 396 g/mol. The number of amides is 3. The summed E-state index contributed by atoms with van der Waals surface area (Å²) in [5.74, 6) is -0.185. The van der Waals surface area contributed by atoms with Gasteiger partial charge in [0.2, 0.25) is 5.91 Å². The Hall–Kier alpha value is -3.06. The normalized spacial score (nSPS) is 15.2. The van der Waals surface area contributed by atoms with Crippen LogP contribution in [0.5, 0.6) is 5.75 Å². The van der Waals surface area contributed by atoms with E-state index in [0.29, 0.717) is 11.4 Å². The highest BCUT2D eigenvalue weighted by Gasteiger charge is 2.36. The predicted molar refractivity (Wildman–Crippen MR) is 110 cm³/mol. The van der Waals surface area contributed by atoms with Crippen molar-refractivity contribution in [1.82, 2.24) is 4.90 Å². The summed E-state index contributed by atoms with van der Waals surface area (Å²) in [6.45, 7) is 3.53. The second-order valence-corrected chi connectivity index (χ2v) is 7.40. The van der Waals surface area contributed by atoms with Crippen LogP contribution in [0, 0.1) is 13.8 Å². The summed E-state index contributed by atoms with van der Waals surface area (Å²) < 4.78 is 5.10. The fourth-order valence-electron chi connectivity index (χ4n) is 2.77. The van der Waals surface area contributed by atoms with Crippen molar-refractivity contribution in [2.24, 2.45) is 0 Å². The number of hydrogen-bond donors (Lipinski definition) is 1. The third-order valence-electron chi connectivity index (χ3n) is 4.24. The number of ether oxygens (including phenoxy) is 1. The Labute approximate surface area is 167 Å². The summed E-state index contributed by atoms with van der Waals surface area (Å²) in [6, 6.07) is 12.8. The number of nitrogens with zero attached hydrogens (tertiary/aromatic N) is 1. The second-order valence-electron chi connectivity index (χ2n) is 6.41. The lowest BCUT2D eigenvalue weighted by Gasteiger charge is -2.14. The zero-order valence-corrected chi connectivity index (χ0v) is 16.6. The third-order valence-corrected chi connectivity index (χ3v) is 5.15. The van der Waals surface area contributed by atoms with E-state index in [-0.39, 0.29) is 11.4 Å². The number of nitrogens with one attached hydrogen (secondary N) is 1. The van der Waals surface area contributed by atoms with Crippen LogP contribution in [0.1, 0.15) is 16.7 Å². The molecule has 7 heteroatoms. The average Bonchev–Trinajstić information content (AvgIpc) is 2.92. The summed E-state index contributed by atoms with van der Waals surface area (Å²) >= 11 is 0.827. The average molecular weight is 396 g/mol. The number of thioether (sulfide) groups is 1. The SMILES string of the molecule is COc1ccc(/C=C2/SC(=O)N(CC(=O)Nc3ccc(C)cc3C)C2=O)cc1. The Morgan fingerprint density at radius 1 is 1.14 bits per heavy atom.